The van der Waals surface area contributed by atoms with Crippen molar-refractivity contribution in [3.63, 3.8) is 0 Å². The number of aryl methyl sites for hydroxylation is 1. The van der Waals surface area contributed by atoms with Crippen molar-refractivity contribution in [3.05, 3.63) is 30.0 Å². The van der Waals surface area contributed by atoms with E-state index >= 15 is 0 Å². The second kappa shape index (κ2) is 6.56. The Morgan fingerprint density at radius 1 is 1.10 bits per heavy atom. The first-order chi connectivity index (χ1) is 10.3. The standard InChI is InChI=1S/C16H25N5/c1-2-21-16-6-4-3-5-14(16)15(18-21)13-20-11-9-19(8-7-17)10-12-20/h3-6H,2,7-13,17H2,1H3. The topological polar surface area (TPSA) is 50.3 Å². The molecule has 0 spiro atoms. The Hall–Kier alpha value is -1.43. The van der Waals surface area contributed by atoms with Gasteiger partial charge in [-0.25, -0.2) is 0 Å². The molecule has 0 radical (unpaired) electrons. The molecule has 21 heavy (non-hydrogen) atoms. The first-order valence-electron chi connectivity index (χ1n) is 7.91. The monoisotopic (exact) mass is 287 g/mol. The lowest BCUT2D eigenvalue weighted by atomic mass is 10.2. The molecule has 1 saturated heterocycles. The van der Waals surface area contributed by atoms with Gasteiger partial charge in [-0.3, -0.25) is 14.5 Å². The highest BCUT2D eigenvalue weighted by molar-refractivity contribution is 5.81. The smallest absolute Gasteiger partial charge is 0.0843 e. The summed E-state index contributed by atoms with van der Waals surface area (Å²) in [6, 6.07) is 8.54. The van der Waals surface area contributed by atoms with E-state index in [0.717, 1.165) is 52.4 Å². The van der Waals surface area contributed by atoms with Gasteiger partial charge in [-0.15, -0.1) is 0 Å². The summed E-state index contributed by atoms with van der Waals surface area (Å²) in [7, 11) is 0. The average molecular weight is 287 g/mol. The third kappa shape index (κ3) is 3.10. The molecule has 0 saturated carbocycles. The highest BCUT2D eigenvalue weighted by Gasteiger charge is 2.18. The maximum Gasteiger partial charge on any atom is 0.0843 e. The zero-order chi connectivity index (χ0) is 14.7. The molecule has 3 rings (SSSR count). The van der Waals surface area contributed by atoms with Crippen molar-refractivity contribution in [1.29, 1.82) is 0 Å². The third-order valence-corrected chi connectivity index (χ3v) is 4.32. The van der Waals surface area contributed by atoms with Crippen LogP contribution in [0, 0.1) is 0 Å². The molecule has 2 aromatic rings. The summed E-state index contributed by atoms with van der Waals surface area (Å²) in [5, 5.41) is 6.09. The largest absolute Gasteiger partial charge is 0.329 e. The van der Waals surface area contributed by atoms with Gasteiger partial charge in [-0.1, -0.05) is 18.2 Å². The summed E-state index contributed by atoms with van der Waals surface area (Å²) in [6.45, 7) is 10.2. The van der Waals surface area contributed by atoms with Crippen molar-refractivity contribution in [2.45, 2.75) is 20.0 Å². The van der Waals surface area contributed by atoms with Crippen LogP contribution in [-0.2, 0) is 13.1 Å². The lowest BCUT2D eigenvalue weighted by Crippen LogP contribution is -2.47. The molecular formula is C16H25N5. The van der Waals surface area contributed by atoms with Gasteiger partial charge in [0.2, 0.25) is 0 Å². The van der Waals surface area contributed by atoms with Crippen LogP contribution in [0.3, 0.4) is 0 Å². The number of aromatic nitrogens is 2. The van der Waals surface area contributed by atoms with E-state index in [1.807, 2.05) is 0 Å². The Balaban J connectivity index is 1.71. The number of rotatable bonds is 5. The SMILES string of the molecule is CCn1nc(CN2CCN(CCN)CC2)c2ccccc21. The third-order valence-electron chi connectivity index (χ3n) is 4.32. The molecule has 0 unspecified atom stereocenters. The van der Waals surface area contributed by atoms with Crippen molar-refractivity contribution in [3.8, 4) is 0 Å². The Morgan fingerprint density at radius 3 is 2.52 bits per heavy atom. The summed E-state index contributed by atoms with van der Waals surface area (Å²) in [6.07, 6.45) is 0. The predicted octanol–water partition coefficient (Wildman–Crippen LogP) is 1.13. The van der Waals surface area contributed by atoms with Crippen LogP contribution in [0.5, 0.6) is 0 Å². The number of benzene rings is 1. The maximum absolute atomic E-state index is 5.63. The molecular weight excluding hydrogens is 262 g/mol. The number of fused-ring (bicyclic) bond motifs is 1. The Bertz CT molecular complexity index is 583. The van der Waals surface area contributed by atoms with Crippen LogP contribution in [0.15, 0.2) is 24.3 Å². The van der Waals surface area contributed by atoms with Gasteiger partial charge < -0.3 is 5.73 Å². The molecule has 2 N–H and O–H groups in total. The summed E-state index contributed by atoms with van der Waals surface area (Å²) >= 11 is 0. The van der Waals surface area contributed by atoms with Crippen LogP contribution >= 0.6 is 0 Å². The van der Waals surface area contributed by atoms with Crippen LogP contribution in [0.2, 0.25) is 0 Å². The van der Waals surface area contributed by atoms with E-state index in [9.17, 15) is 0 Å². The van der Waals surface area contributed by atoms with Gasteiger partial charge in [0.05, 0.1) is 11.2 Å². The molecule has 0 bridgehead atoms. The molecule has 0 amide bonds. The van der Waals surface area contributed by atoms with Gasteiger partial charge in [0.25, 0.3) is 0 Å². The maximum atomic E-state index is 5.63. The van der Waals surface area contributed by atoms with Crippen LogP contribution in [0.4, 0.5) is 0 Å². The number of nitrogens with two attached hydrogens (primary N) is 1. The van der Waals surface area contributed by atoms with Crippen molar-refractivity contribution in [2.75, 3.05) is 39.3 Å². The number of hydrogen-bond donors (Lipinski definition) is 1. The van der Waals surface area contributed by atoms with Crippen LogP contribution in [0.25, 0.3) is 10.9 Å². The van der Waals surface area contributed by atoms with Gasteiger partial charge in [-0.2, -0.15) is 5.10 Å². The Kier molecular flexibility index (Phi) is 4.53. The van der Waals surface area contributed by atoms with Gasteiger partial charge >= 0.3 is 0 Å². The van der Waals surface area contributed by atoms with E-state index in [-0.39, 0.29) is 0 Å². The summed E-state index contributed by atoms with van der Waals surface area (Å²) in [5.41, 5.74) is 8.08. The van der Waals surface area contributed by atoms with E-state index in [1.165, 1.54) is 16.6 Å². The van der Waals surface area contributed by atoms with Crippen molar-refractivity contribution in [1.82, 2.24) is 19.6 Å². The van der Waals surface area contributed by atoms with Crippen molar-refractivity contribution >= 4 is 10.9 Å². The van der Waals surface area contributed by atoms with Crippen molar-refractivity contribution < 1.29 is 0 Å². The Morgan fingerprint density at radius 2 is 1.81 bits per heavy atom. The fraction of sp³-hybridized carbons (Fsp3) is 0.562. The Labute approximate surface area is 126 Å². The lowest BCUT2D eigenvalue weighted by molar-refractivity contribution is 0.129. The highest BCUT2D eigenvalue weighted by Crippen LogP contribution is 2.20. The minimum Gasteiger partial charge on any atom is -0.329 e. The van der Waals surface area contributed by atoms with Crippen LogP contribution in [0.1, 0.15) is 12.6 Å². The molecule has 114 valence electrons. The number of piperazine rings is 1. The minimum absolute atomic E-state index is 0.755. The molecule has 1 aliphatic heterocycles. The van der Waals surface area contributed by atoms with E-state index < -0.39 is 0 Å². The zero-order valence-corrected chi connectivity index (χ0v) is 12.8. The summed E-state index contributed by atoms with van der Waals surface area (Å²) < 4.78 is 2.11. The molecule has 1 aromatic carbocycles. The van der Waals surface area contributed by atoms with Gasteiger partial charge in [0.1, 0.15) is 0 Å². The molecule has 5 heteroatoms. The summed E-state index contributed by atoms with van der Waals surface area (Å²) in [4.78, 5) is 4.95. The first-order valence-corrected chi connectivity index (χ1v) is 7.91. The second-order valence-corrected chi connectivity index (χ2v) is 5.69. The molecule has 1 fully saturated rings. The van der Waals surface area contributed by atoms with E-state index in [2.05, 4.69) is 45.7 Å². The quantitative estimate of drug-likeness (QED) is 0.896. The average Bonchev–Trinajstić information content (AvgIpc) is 2.88. The molecule has 0 aliphatic carbocycles. The first kappa shape index (κ1) is 14.5. The highest BCUT2D eigenvalue weighted by atomic mass is 15.3. The van der Waals surface area contributed by atoms with Gasteiger partial charge in [-0.05, 0) is 13.0 Å². The number of para-hydroxylation sites is 1. The minimum atomic E-state index is 0.755. The normalized spacial score (nSPS) is 17.6. The second-order valence-electron chi connectivity index (χ2n) is 5.69. The zero-order valence-electron chi connectivity index (χ0n) is 12.8. The molecule has 1 aromatic heterocycles. The fourth-order valence-electron chi connectivity index (χ4n) is 3.12. The predicted molar refractivity (Wildman–Crippen MR) is 86.2 cm³/mol. The molecule has 0 atom stereocenters. The lowest BCUT2D eigenvalue weighted by Gasteiger charge is -2.34. The van der Waals surface area contributed by atoms with Crippen molar-refractivity contribution in [2.24, 2.45) is 5.73 Å². The molecule has 1 aliphatic rings. The van der Waals surface area contributed by atoms with E-state index in [1.54, 1.807) is 0 Å². The summed E-state index contributed by atoms with van der Waals surface area (Å²) in [5.74, 6) is 0. The molecule has 2 heterocycles. The van der Waals surface area contributed by atoms with E-state index in [4.69, 9.17) is 10.8 Å². The number of nitrogens with zero attached hydrogens (tertiary/aromatic N) is 4. The molecule has 5 nitrogen and oxygen atoms in total. The fourth-order valence-corrected chi connectivity index (χ4v) is 3.12. The van der Waals surface area contributed by atoms with E-state index in [0.29, 0.717) is 0 Å². The van der Waals surface area contributed by atoms with Gasteiger partial charge in [0, 0.05) is 57.7 Å². The van der Waals surface area contributed by atoms with Gasteiger partial charge in [0.15, 0.2) is 0 Å². The number of hydrogen-bond acceptors (Lipinski definition) is 4. The van der Waals surface area contributed by atoms with Crippen LogP contribution in [-0.4, -0.2) is 58.8 Å². The van der Waals surface area contributed by atoms with Crippen LogP contribution < -0.4 is 5.73 Å².